The van der Waals surface area contributed by atoms with Gasteiger partial charge in [0.05, 0.1) is 22.0 Å². The van der Waals surface area contributed by atoms with Gasteiger partial charge in [-0.2, -0.15) is 0 Å². The lowest BCUT2D eigenvalue weighted by atomic mass is 9.82. The number of anilines is 1. The summed E-state index contributed by atoms with van der Waals surface area (Å²) in [5, 5.41) is 42.6. The zero-order valence-electron chi connectivity index (χ0n) is 28.8. The largest absolute Gasteiger partial charge is 0.744 e. The van der Waals surface area contributed by atoms with E-state index in [-0.39, 0.29) is 5.56 Å². The van der Waals surface area contributed by atoms with Crippen molar-refractivity contribution in [3.63, 3.8) is 0 Å². The Hall–Kier alpha value is -3.45. The number of hydrogen-bond donors (Lipinski definition) is 5. The van der Waals surface area contributed by atoms with Crippen molar-refractivity contribution in [3.05, 3.63) is 74.3 Å². The summed E-state index contributed by atoms with van der Waals surface area (Å²) in [6.07, 6.45) is -0.0208. The maximum atomic E-state index is 13.7. The molecule has 0 saturated carbocycles. The molecule has 9 rings (SSSR count). The molecule has 6 aliphatic rings. The second-order valence-corrected chi connectivity index (χ2v) is 17.9. The maximum Gasteiger partial charge on any atom is 0.241 e. The van der Waals surface area contributed by atoms with Crippen LogP contribution in [0.3, 0.4) is 0 Å². The number of nitrogens with one attached hydrogen (secondary N) is 1. The molecular formula is C37H41N3O11S2. The number of ether oxygens (including phenoxy) is 2. The Morgan fingerprint density at radius 3 is 2.32 bits per heavy atom. The molecule has 3 aromatic carbocycles. The first-order valence-electron chi connectivity index (χ1n) is 18.2. The maximum absolute atomic E-state index is 13.7. The van der Waals surface area contributed by atoms with Crippen LogP contribution in [0.15, 0.2) is 40.1 Å². The van der Waals surface area contributed by atoms with Gasteiger partial charge in [0.1, 0.15) is 59.1 Å². The molecule has 0 spiro atoms. The fraction of sp³-hybridized carbons (Fsp3) is 0.486. The molecule has 282 valence electrons. The number of fused-ring (bicyclic) bond motifs is 4. The van der Waals surface area contributed by atoms with Gasteiger partial charge in [-0.25, -0.2) is 26.1 Å². The summed E-state index contributed by atoms with van der Waals surface area (Å²) in [5.74, 6) is 1.27. The molecule has 14 nitrogen and oxygen atoms in total. The molecule has 1 fully saturated rings. The SMILES string of the molecule is O=S(=O)([O-])c1cc(S(=O)(=O)NC2[C@H](O)OC(CO)[C@H](O)[C@@H]2O)ccc1C1=c2cc3c4c(c2Oc2c1cc1c5c2CCCN5CCC1)CCC[N+]=4CCC3. The van der Waals surface area contributed by atoms with E-state index < -0.39 is 67.2 Å². The fourth-order valence-electron chi connectivity index (χ4n) is 9.36. The van der Waals surface area contributed by atoms with Gasteiger partial charge in [0.25, 0.3) is 0 Å². The van der Waals surface area contributed by atoms with E-state index in [9.17, 15) is 41.8 Å². The van der Waals surface area contributed by atoms with Crippen LogP contribution < -0.4 is 29.5 Å². The van der Waals surface area contributed by atoms with Gasteiger partial charge in [-0.1, -0.05) is 6.07 Å². The van der Waals surface area contributed by atoms with Crippen molar-refractivity contribution in [2.24, 2.45) is 0 Å². The highest BCUT2D eigenvalue weighted by atomic mass is 32.2. The molecule has 2 unspecified atom stereocenters. The molecule has 0 bridgehead atoms. The Morgan fingerprint density at radius 2 is 1.57 bits per heavy atom. The van der Waals surface area contributed by atoms with Gasteiger partial charge in [-0.15, -0.1) is 0 Å². The summed E-state index contributed by atoms with van der Waals surface area (Å²) in [5.41, 5.74) is 6.68. The van der Waals surface area contributed by atoms with Gasteiger partial charge in [-0.3, -0.25) is 0 Å². The fourth-order valence-corrected chi connectivity index (χ4v) is 11.4. The first-order valence-corrected chi connectivity index (χ1v) is 21.1. The van der Waals surface area contributed by atoms with Crippen LogP contribution in [0.2, 0.25) is 0 Å². The van der Waals surface area contributed by atoms with E-state index >= 15 is 0 Å². The van der Waals surface area contributed by atoms with Gasteiger partial charge in [-0.05, 0) is 68.4 Å². The quantitative estimate of drug-likeness (QED) is 0.120. The van der Waals surface area contributed by atoms with Crippen LogP contribution in [-0.2, 0) is 50.6 Å². The van der Waals surface area contributed by atoms with Crippen molar-refractivity contribution in [1.82, 2.24) is 9.30 Å². The van der Waals surface area contributed by atoms with Crippen molar-refractivity contribution in [3.8, 4) is 11.5 Å². The van der Waals surface area contributed by atoms with Crippen LogP contribution in [0.4, 0.5) is 5.69 Å². The number of aliphatic hydroxyl groups is 4. The minimum atomic E-state index is -5.32. The van der Waals surface area contributed by atoms with Crippen molar-refractivity contribution in [2.45, 2.75) is 91.8 Å². The van der Waals surface area contributed by atoms with Crippen molar-refractivity contribution < 1.29 is 51.3 Å². The summed E-state index contributed by atoms with van der Waals surface area (Å²) in [6.45, 7) is 2.99. The molecule has 0 amide bonds. The molecule has 0 radical (unpaired) electrons. The van der Waals surface area contributed by atoms with Gasteiger partial charge < -0.3 is 39.4 Å². The highest BCUT2D eigenvalue weighted by Crippen LogP contribution is 2.49. The molecule has 16 heteroatoms. The first kappa shape index (κ1) is 35.3. The third-order valence-electron chi connectivity index (χ3n) is 11.7. The van der Waals surface area contributed by atoms with Crippen LogP contribution in [0.25, 0.3) is 5.57 Å². The van der Waals surface area contributed by atoms with Gasteiger partial charge in [0, 0.05) is 64.7 Å². The lowest BCUT2D eigenvalue weighted by Gasteiger charge is -2.40. The Morgan fingerprint density at radius 1 is 0.849 bits per heavy atom. The molecule has 6 aliphatic heterocycles. The predicted octanol–water partition coefficient (Wildman–Crippen LogP) is -0.896. The molecule has 1 saturated heterocycles. The van der Waals surface area contributed by atoms with E-state index in [1.165, 1.54) is 12.1 Å². The van der Waals surface area contributed by atoms with E-state index in [1.54, 1.807) is 0 Å². The number of aryl methyl sites for hydroxylation is 2. The average Bonchev–Trinajstić information content (AvgIpc) is 3.14. The summed E-state index contributed by atoms with van der Waals surface area (Å²) < 4.78 is 83.7. The van der Waals surface area contributed by atoms with Gasteiger partial charge in [0.2, 0.25) is 15.4 Å². The van der Waals surface area contributed by atoms with Crippen LogP contribution in [0.5, 0.6) is 11.5 Å². The number of nitrogens with zero attached hydrogens (tertiary/aromatic N) is 2. The minimum Gasteiger partial charge on any atom is -0.744 e. The molecule has 6 heterocycles. The Balaban J connectivity index is 1.27. The molecule has 0 aliphatic carbocycles. The topological polar surface area (TPSA) is 209 Å². The molecule has 53 heavy (non-hydrogen) atoms. The van der Waals surface area contributed by atoms with Crippen molar-refractivity contribution in [1.29, 1.82) is 0 Å². The normalized spacial score (nSPS) is 26.3. The third-order valence-corrected chi connectivity index (χ3v) is 14.0. The van der Waals surface area contributed by atoms with Crippen molar-refractivity contribution in [2.75, 3.05) is 37.7 Å². The second kappa shape index (κ2) is 12.8. The lowest BCUT2D eigenvalue weighted by Crippen LogP contribution is -2.64. The molecule has 0 aromatic heterocycles. The summed E-state index contributed by atoms with van der Waals surface area (Å²) in [7, 11) is -10.1. The molecule has 5 N–H and O–H groups in total. The number of aliphatic hydroxyl groups excluding tert-OH is 4. The van der Waals surface area contributed by atoms with E-state index in [2.05, 4.69) is 14.2 Å². The minimum absolute atomic E-state index is 0.0401. The van der Waals surface area contributed by atoms with Crippen molar-refractivity contribution >= 4 is 31.4 Å². The van der Waals surface area contributed by atoms with E-state index in [1.807, 2.05) is 12.1 Å². The highest BCUT2D eigenvalue weighted by Gasteiger charge is 2.46. The van der Waals surface area contributed by atoms with Crippen LogP contribution >= 0.6 is 0 Å². The number of rotatable bonds is 6. The summed E-state index contributed by atoms with van der Waals surface area (Å²) in [6, 6.07) is 5.61. The van der Waals surface area contributed by atoms with Crippen LogP contribution in [0.1, 0.15) is 59.1 Å². The lowest BCUT2D eigenvalue weighted by molar-refractivity contribution is -0.251. The monoisotopic (exact) mass is 767 g/mol. The Bertz CT molecular complexity index is 2410. The Kier molecular flexibility index (Phi) is 8.53. The number of sulfonamides is 1. The number of hydrogen-bond acceptors (Lipinski definition) is 12. The Labute approximate surface area is 306 Å². The standard InChI is InChI=1S/C37H41N3O11S2/c41-18-27-33(42)34(43)30(37(44)50-27)38-52(45,46)21-9-10-22(28(17-21)53(47,48)49)29-25-15-19-5-1-11-39-13-3-7-23(31(19)39)35(25)51-36-24-8-4-14-40-12-2-6-20(32(24)40)16-26(29)36/h9-10,15-17,27,30,33-34,37-38,41-44H,1-8,11-14,18H2/t27?,30?,33-,34+,37+/m0/s1. The predicted molar refractivity (Wildman–Crippen MR) is 189 cm³/mol. The zero-order chi connectivity index (χ0) is 37.0. The van der Waals surface area contributed by atoms with E-state index in [0.717, 1.165) is 117 Å². The van der Waals surface area contributed by atoms with E-state index in [4.69, 9.17) is 9.47 Å². The third kappa shape index (κ3) is 5.64. The first-order chi connectivity index (χ1) is 25.4. The molecule has 5 atom stereocenters. The van der Waals surface area contributed by atoms with Crippen LogP contribution in [0, 0.1) is 0 Å². The van der Waals surface area contributed by atoms with Gasteiger partial charge in [0.15, 0.2) is 6.29 Å². The second-order valence-electron chi connectivity index (χ2n) is 14.8. The van der Waals surface area contributed by atoms with Gasteiger partial charge >= 0.3 is 0 Å². The highest BCUT2D eigenvalue weighted by molar-refractivity contribution is 7.89. The average molecular weight is 768 g/mol. The number of benzene rings is 3. The van der Waals surface area contributed by atoms with Crippen LogP contribution in [-0.4, -0.2) is 105 Å². The molecule has 3 aromatic rings. The summed E-state index contributed by atoms with van der Waals surface area (Å²) >= 11 is 0. The zero-order valence-corrected chi connectivity index (χ0v) is 30.5. The molecular weight excluding hydrogens is 727 g/mol. The summed E-state index contributed by atoms with van der Waals surface area (Å²) in [4.78, 5) is 1.02. The van der Waals surface area contributed by atoms with E-state index in [0.29, 0.717) is 27.9 Å². The smallest absolute Gasteiger partial charge is 0.241 e.